The molecule has 3 heterocycles. The van der Waals surface area contributed by atoms with E-state index in [0.29, 0.717) is 11.2 Å². The predicted octanol–water partition coefficient (Wildman–Crippen LogP) is 4.08. The van der Waals surface area contributed by atoms with E-state index in [2.05, 4.69) is 15.2 Å². The van der Waals surface area contributed by atoms with Crippen LogP contribution in [0.3, 0.4) is 0 Å². The van der Waals surface area contributed by atoms with Crippen molar-refractivity contribution in [3.63, 3.8) is 0 Å². The summed E-state index contributed by atoms with van der Waals surface area (Å²) in [5.74, 6) is -0.415. The molecule has 0 aliphatic heterocycles. The largest absolute Gasteiger partial charge is 0.494 e. The van der Waals surface area contributed by atoms with Gasteiger partial charge in [-0.15, -0.1) is 0 Å². The Hall–Kier alpha value is -4.00. The van der Waals surface area contributed by atoms with Crippen LogP contribution >= 0.6 is 0 Å². The molecule has 0 saturated carbocycles. The van der Waals surface area contributed by atoms with Crippen molar-refractivity contribution in [1.82, 2.24) is 19.7 Å². The molecular formula is C22H15FN4O2. The number of rotatable bonds is 3. The van der Waals surface area contributed by atoms with Crippen molar-refractivity contribution < 1.29 is 9.13 Å². The Labute approximate surface area is 164 Å². The average molecular weight is 386 g/mol. The number of nitrogens with zero attached hydrogens (tertiary/aromatic N) is 3. The maximum Gasteiger partial charge on any atom is 0.255 e. The molecule has 0 bridgehead atoms. The Balaban J connectivity index is 1.89. The van der Waals surface area contributed by atoms with E-state index in [1.54, 1.807) is 35.3 Å². The van der Waals surface area contributed by atoms with Gasteiger partial charge in [0.2, 0.25) is 0 Å². The summed E-state index contributed by atoms with van der Waals surface area (Å²) < 4.78 is 20.6. The van der Waals surface area contributed by atoms with Crippen molar-refractivity contribution in [2.75, 3.05) is 7.11 Å². The van der Waals surface area contributed by atoms with Crippen LogP contribution in [0.15, 0.2) is 71.9 Å². The zero-order chi connectivity index (χ0) is 20.0. The summed E-state index contributed by atoms with van der Waals surface area (Å²) in [5.41, 5.74) is 3.60. The van der Waals surface area contributed by atoms with Crippen LogP contribution in [-0.4, -0.2) is 26.9 Å². The van der Waals surface area contributed by atoms with Crippen LogP contribution in [0.2, 0.25) is 0 Å². The summed E-state index contributed by atoms with van der Waals surface area (Å²) in [6.07, 6.45) is 5.27. The van der Waals surface area contributed by atoms with Gasteiger partial charge in [0.15, 0.2) is 11.6 Å². The number of pyridine rings is 2. The first kappa shape index (κ1) is 17.1. The molecule has 0 fully saturated rings. The molecule has 0 saturated heterocycles. The van der Waals surface area contributed by atoms with E-state index in [0.717, 1.165) is 27.4 Å². The normalized spacial score (nSPS) is 11.2. The highest BCUT2D eigenvalue weighted by atomic mass is 19.1. The van der Waals surface area contributed by atoms with Gasteiger partial charge in [-0.25, -0.2) is 4.39 Å². The van der Waals surface area contributed by atoms with Crippen LogP contribution in [0.4, 0.5) is 4.39 Å². The number of methoxy groups -OCH3 is 1. The van der Waals surface area contributed by atoms with Gasteiger partial charge in [-0.05, 0) is 35.9 Å². The third-order valence-electron chi connectivity index (χ3n) is 4.94. The Morgan fingerprint density at radius 1 is 1.03 bits per heavy atom. The number of nitrogens with one attached hydrogen (secondary N) is 1. The highest BCUT2D eigenvalue weighted by Crippen LogP contribution is 2.30. The monoisotopic (exact) mass is 386 g/mol. The number of fused-ring (bicyclic) bond motifs is 3. The fraction of sp³-hybridized carbons (Fsp3) is 0.0455. The van der Waals surface area contributed by atoms with Gasteiger partial charge in [0.25, 0.3) is 5.56 Å². The molecule has 0 aliphatic rings. The first-order valence-electron chi connectivity index (χ1n) is 8.93. The molecule has 142 valence electrons. The molecule has 0 radical (unpaired) electrons. The SMILES string of the molecule is COc1cc(-n2c(=O)ccc3cnc4ccc(-c5cn[nH]c5)cc4c32)ccc1F. The summed E-state index contributed by atoms with van der Waals surface area (Å²) in [7, 11) is 1.39. The second-order valence-electron chi connectivity index (χ2n) is 6.61. The quantitative estimate of drug-likeness (QED) is 0.474. The van der Waals surface area contributed by atoms with Gasteiger partial charge < -0.3 is 4.74 Å². The number of hydrogen-bond donors (Lipinski definition) is 1. The van der Waals surface area contributed by atoms with Crippen LogP contribution in [0.1, 0.15) is 0 Å². The van der Waals surface area contributed by atoms with Crippen LogP contribution in [0.5, 0.6) is 5.75 Å². The van der Waals surface area contributed by atoms with Gasteiger partial charge in [-0.3, -0.25) is 19.4 Å². The summed E-state index contributed by atoms with van der Waals surface area (Å²) in [6, 6.07) is 13.4. The smallest absolute Gasteiger partial charge is 0.255 e. The molecule has 0 amide bonds. The van der Waals surface area contributed by atoms with Crippen molar-refractivity contribution in [1.29, 1.82) is 0 Å². The molecule has 1 N–H and O–H groups in total. The van der Waals surface area contributed by atoms with E-state index in [1.165, 1.54) is 25.3 Å². The number of aromatic amines is 1. The zero-order valence-electron chi connectivity index (χ0n) is 15.4. The zero-order valence-corrected chi connectivity index (χ0v) is 15.4. The molecule has 0 atom stereocenters. The maximum atomic E-state index is 13.9. The lowest BCUT2D eigenvalue weighted by Gasteiger charge is -2.14. The lowest BCUT2D eigenvalue weighted by Crippen LogP contribution is -2.18. The van der Waals surface area contributed by atoms with Crippen molar-refractivity contribution in [2.45, 2.75) is 0 Å². The first-order valence-corrected chi connectivity index (χ1v) is 8.93. The van der Waals surface area contributed by atoms with Gasteiger partial charge in [0, 0.05) is 40.9 Å². The lowest BCUT2D eigenvalue weighted by molar-refractivity contribution is 0.386. The molecule has 7 heteroatoms. The van der Waals surface area contributed by atoms with E-state index in [9.17, 15) is 9.18 Å². The molecule has 0 aliphatic carbocycles. The van der Waals surface area contributed by atoms with Crippen molar-refractivity contribution >= 4 is 21.8 Å². The standard InChI is InChI=1S/C22H15FN4O2/c1-29-20-9-16(4-5-18(20)23)27-21(28)7-3-14-10-24-19-6-2-13(8-17(19)22(14)27)15-11-25-26-12-15/h2-12H,1H3,(H,25,26). The Morgan fingerprint density at radius 2 is 1.93 bits per heavy atom. The summed E-state index contributed by atoms with van der Waals surface area (Å²) in [5, 5.41) is 8.41. The van der Waals surface area contributed by atoms with Gasteiger partial charge >= 0.3 is 0 Å². The fourth-order valence-electron chi connectivity index (χ4n) is 3.54. The number of halogens is 1. The molecule has 5 rings (SSSR count). The van der Waals surface area contributed by atoms with Crippen molar-refractivity contribution in [3.05, 3.63) is 83.3 Å². The van der Waals surface area contributed by atoms with Gasteiger partial charge in [0.1, 0.15) is 0 Å². The summed E-state index contributed by atoms with van der Waals surface area (Å²) in [4.78, 5) is 17.4. The Morgan fingerprint density at radius 3 is 2.72 bits per heavy atom. The van der Waals surface area contributed by atoms with Crippen molar-refractivity contribution in [2.24, 2.45) is 0 Å². The topological polar surface area (TPSA) is 72.8 Å². The van der Waals surface area contributed by atoms with Gasteiger partial charge in [0.05, 0.1) is 30.0 Å². The maximum absolute atomic E-state index is 13.9. The molecule has 6 nitrogen and oxygen atoms in total. The minimum absolute atomic E-state index is 0.0730. The number of H-pyrrole nitrogens is 1. The Kier molecular flexibility index (Phi) is 3.87. The molecule has 0 unspecified atom stereocenters. The lowest BCUT2D eigenvalue weighted by atomic mass is 10.0. The van der Waals surface area contributed by atoms with E-state index >= 15 is 0 Å². The minimum Gasteiger partial charge on any atom is -0.494 e. The fourth-order valence-corrected chi connectivity index (χ4v) is 3.54. The van der Waals surface area contributed by atoms with Crippen LogP contribution in [0.25, 0.3) is 38.6 Å². The highest BCUT2D eigenvalue weighted by Gasteiger charge is 2.13. The van der Waals surface area contributed by atoms with E-state index in [-0.39, 0.29) is 11.3 Å². The molecule has 29 heavy (non-hydrogen) atoms. The third kappa shape index (κ3) is 2.75. The van der Waals surface area contributed by atoms with E-state index < -0.39 is 5.82 Å². The predicted molar refractivity (Wildman–Crippen MR) is 109 cm³/mol. The molecule has 3 aromatic heterocycles. The second-order valence-corrected chi connectivity index (χ2v) is 6.61. The molecule has 0 spiro atoms. The highest BCUT2D eigenvalue weighted by molar-refractivity contribution is 6.05. The summed E-state index contributed by atoms with van der Waals surface area (Å²) in [6.45, 7) is 0. The first-order chi connectivity index (χ1) is 14.2. The van der Waals surface area contributed by atoms with Crippen LogP contribution in [0, 0.1) is 5.82 Å². The average Bonchev–Trinajstić information content (AvgIpc) is 3.29. The van der Waals surface area contributed by atoms with Crippen LogP contribution in [-0.2, 0) is 0 Å². The number of ether oxygens (including phenoxy) is 1. The number of aromatic nitrogens is 4. The number of benzene rings is 2. The van der Waals surface area contributed by atoms with Crippen molar-refractivity contribution in [3.8, 4) is 22.6 Å². The molecular weight excluding hydrogens is 371 g/mol. The summed E-state index contributed by atoms with van der Waals surface area (Å²) >= 11 is 0. The van der Waals surface area contributed by atoms with Crippen LogP contribution < -0.4 is 10.3 Å². The van der Waals surface area contributed by atoms with E-state index in [1.807, 2.05) is 18.2 Å². The minimum atomic E-state index is -0.488. The third-order valence-corrected chi connectivity index (χ3v) is 4.94. The number of hydrogen-bond acceptors (Lipinski definition) is 4. The molecule has 2 aromatic carbocycles. The molecule has 5 aromatic rings. The van der Waals surface area contributed by atoms with Gasteiger partial charge in [-0.2, -0.15) is 5.10 Å². The van der Waals surface area contributed by atoms with E-state index in [4.69, 9.17) is 4.74 Å². The Bertz CT molecular complexity index is 1420. The second kappa shape index (κ2) is 6.56. The van der Waals surface area contributed by atoms with Gasteiger partial charge in [-0.1, -0.05) is 6.07 Å².